The largest absolute Gasteiger partial charge is 0.484 e. The lowest BCUT2D eigenvalue weighted by atomic mass is 10.1. The van der Waals surface area contributed by atoms with Gasteiger partial charge in [-0.05, 0) is 49.2 Å². The van der Waals surface area contributed by atoms with Crippen LogP contribution in [0.15, 0.2) is 47.6 Å². The van der Waals surface area contributed by atoms with E-state index in [0.717, 1.165) is 11.1 Å². The van der Waals surface area contributed by atoms with Crippen LogP contribution in [0.25, 0.3) is 0 Å². The molecule has 0 bridgehead atoms. The van der Waals surface area contributed by atoms with Crippen molar-refractivity contribution in [2.45, 2.75) is 13.8 Å². The third-order valence-electron chi connectivity index (χ3n) is 3.00. The van der Waals surface area contributed by atoms with E-state index in [1.54, 1.807) is 30.5 Å². The van der Waals surface area contributed by atoms with Gasteiger partial charge in [0.25, 0.3) is 5.91 Å². The van der Waals surface area contributed by atoms with Crippen molar-refractivity contribution in [3.8, 4) is 5.75 Å². The van der Waals surface area contributed by atoms with Crippen molar-refractivity contribution in [1.82, 2.24) is 5.43 Å². The Bertz CT molecular complexity index is 682. The summed E-state index contributed by atoms with van der Waals surface area (Å²) in [4.78, 5) is 11.6. The summed E-state index contributed by atoms with van der Waals surface area (Å²) in [6.07, 6.45) is 1.62. The fourth-order valence-electron chi connectivity index (χ4n) is 1.86. The molecule has 0 radical (unpaired) electrons. The fraction of sp³-hybridized carbons (Fsp3) is 0.176. The zero-order chi connectivity index (χ0) is 15.9. The van der Waals surface area contributed by atoms with E-state index in [4.69, 9.17) is 16.3 Å². The van der Waals surface area contributed by atoms with E-state index >= 15 is 0 Å². The maximum Gasteiger partial charge on any atom is 0.277 e. The first-order valence-corrected chi connectivity index (χ1v) is 7.20. The average Bonchev–Trinajstić information content (AvgIpc) is 2.49. The van der Waals surface area contributed by atoms with E-state index in [2.05, 4.69) is 16.6 Å². The zero-order valence-corrected chi connectivity index (χ0v) is 13.2. The summed E-state index contributed by atoms with van der Waals surface area (Å²) in [5, 5.41) is 4.55. The number of hydrazone groups is 1. The highest BCUT2D eigenvalue weighted by atomic mass is 35.5. The number of rotatable bonds is 5. The molecule has 0 atom stereocenters. The maximum atomic E-state index is 11.6. The summed E-state index contributed by atoms with van der Waals surface area (Å²) in [5.41, 5.74) is 5.69. The van der Waals surface area contributed by atoms with Gasteiger partial charge in [0.15, 0.2) is 6.61 Å². The number of carbonyl (C=O) groups excluding carboxylic acids is 1. The molecule has 0 saturated carbocycles. The van der Waals surface area contributed by atoms with Gasteiger partial charge in [-0.2, -0.15) is 5.10 Å². The van der Waals surface area contributed by atoms with Crippen LogP contribution in [0.1, 0.15) is 16.7 Å². The standard InChI is InChI=1S/C17H17ClN2O2/c1-12-3-4-14(13(2)9-12)10-19-20-17(21)11-22-16-7-5-15(18)6-8-16/h3-10H,11H2,1-2H3,(H,20,21). The van der Waals surface area contributed by atoms with Crippen LogP contribution in [0.5, 0.6) is 5.75 Å². The number of amides is 1. The quantitative estimate of drug-likeness (QED) is 0.678. The Morgan fingerprint density at radius 1 is 1.23 bits per heavy atom. The van der Waals surface area contributed by atoms with Gasteiger partial charge in [0.2, 0.25) is 0 Å². The van der Waals surface area contributed by atoms with Crippen molar-refractivity contribution >= 4 is 23.7 Å². The number of nitrogens with one attached hydrogen (secondary N) is 1. The number of carbonyl (C=O) groups is 1. The Morgan fingerprint density at radius 3 is 2.64 bits per heavy atom. The highest BCUT2D eigenvalue weighted by Crippen LogP contribution is 2.15. The van der Waals surface area contributed by atoms with Gasteiger partial charge in [0.05, 0.1) is 6.21 Å². The predicted octanol–water partition coefficient (Wildman–Crippen LogP) is 3.49. The predicted molar refractivity (Wildman–Crippen MR) is 88.6 cm³/mol. The van der Waals surface area contributed by atoms with Crippen molar-refractivity contribution < 1.29 is 9.53 Å². The van der Waals surface area contributed by atoms with Crippen LogP contribution in [-0.4, -0.2) is 18.7 Å². The summed E-state index contributed by atoms with van der Waals surface area (Å²) < 4.78 is 5.32. The number of hydrogen-bond acceptors (Lipinski definition) is 3. The molecular weight excluding hydrogens is 300 g/mol. The second-order valence-corrected chi connectivity index (χ2v) is 5.33. The third-order valence-corrected chi connectivity index (χ3v) is 3.25. The monoisotopic (exact) mass is 316 g/mol. The van der Waals surface area contributed by atoms with Gasteiger partial charge in [-0.15, -0.1) is 0 Å². The number of halogens is 1. The molecule has 0 spiro atoms. The summed E-state index contributed by atoms with van der Waals surface area (Å²) in [6.45, 7) is 3.93. The summed E-state index contributed by atoms with van der Waals surface area (Å²) in [7, 11) is 0. The molecule has 0 fully saturated rings. The minimum Gasteiger partial charge on any atom is -0.484 e. The molecule has 5 heteroatoms. The molecule has 0 heterocycles. The first-order chi connectivity index (χ1) is 10.5. The highest BCUT2D eigenvalue weighted by Gasteiger charge is 2.01. The molecule has 0 aliphatic rings. The third kappa shape index (κ3) is 4.90. The van der Waals surface area contributed by atoms with Gasteiger partial charge in [0.1, 0.15) is 5.75 Å². The number of aryl methyl sites for hydroxylation is 2. The van der Waals surface area contributed by atoms with E-state index in [1.807, 2.05) is 26.0 Å². The van der Waals surface area contributed by atoms with E-state index in [9.17, 15) is 4.79 Å². The smallest absolute Gasteiger partial charge is 0.277 e. The van der Waals surface area contributed by atoms with Crippen LogP contribution in [-0.2, 0) is 4.79 Å². The minimum absolute atomic E-state index is 0.105. The maximum absolute atomic E-state index is 11.6. The van der Waals surface area contributed by atoms with Crippen LogP contribution in [0.3, 0.4) is 0 Å². The van der Waals surface area contributed by atoms with Crippen LogP contribution in [0.2, 0.25) is 5.02 Å². The van der Waals surface area contributed by atoms with Gasteiger partial charge in [0, 0.05) is 5.02 Å². The molecule has 2 aromatic rings. The van der Waals surface area contributed by atoms with E-state index < -0.39 is 0 Å². The molecule has 2 rings (SSSR count). The molecule has 2 aromatic carbocycles. The van der Waals surface area contributed by atoms with Gasteiger partial charge in [-0.25, -0.2) is 5.43 Å². The van der Waals surface area contributed by atoms with Crippen molar-refractivity contribution in [3.05, 3.63) is 64.2 Å². The van der Waals surface area contributed by atoms with Gasteiger partial charge < -0.3 is 4.74 Å². The second-order valence-electron chi connectivity index (χ2n) is 4.90. The van der Waals surface area contributed by atoms with Crippen LogP contribution >= 0.6 is 11.6 Å². The molecule has 22 heavy (non-hydrogen) atoms. The van der Waals surface area contributed by atoms with Gasteiger partial charge >= 0.3 is 0 Å². The molecule has 114 valence electrons. The molecule has 4 nitrogen and oxygen atoms in total. The topological polar surface area (TPSA) is 50.7 Å². The molecule has 0 saturated heterocycles. The summed E-state index contributed by atoms with van der Waals surface area (Å²) in [6, 6.07) is 12.8. The minimum atomic E-state index is -0.323. The molecule has 0 aliphatic heterocycles. The highest BCUT2D eigenvalue weighted by molar-refractivity contribution is 6.30. The Balaban J connectivity index is 1.82. The second kappa shape index (κ2) is 7.61. The van der Waals surface area contributed by atoms with Gasteiger partial charge in [-0.3, -0.25) is 4.79 Å². The van der Waals surface area contributed by atoms with Crippen molar-refractivity contribution in [1.29, 1.82) is 0 Å². The van der Waals surface area contributed by atoms with Crippen LogP contribution in [0.4, 0.5) is 0 Å². The normalized spacial score (nSPS) is 10.7. The van der Waals surface area contributed by atoms with Crippen molar-refractivity contribution in [3.63, 3.8) is 0 Å². The molecule has 1 amide bonds. The van der Waals surface area contributed by atoms with Crippen LogP contribution < -0.4 is 10.2 Å². The Hall–Kier alpha value is -2.33. The molecule has 0 aromatic heterocycles. The van der Waals surface area contributed by atoms with Crippen LogP contribution in [0, 0.1) is 13.8 Å². The lowest BCUT2D eigenvalue weighted by Crippen LogP contribution is -2.24. The molecule has 1 N–H and O–H groups in total. The molecule has 0 unspecified atom stereocenters. The Morgan fingerprint density at radius 2 is 1.95 bits per heavy atom. The molecular formula is C17H17ClN2O2. The summed E-state index contributed by atoms with van der Waals surface area (Å²) >= 11 is 5.77. The lowest BCUT2D eigenvalue weighted by molar-refractivity contribution is -0.123. The molecule has 0 aliphatic carbocycles. The number of benzene rings is 2. The lowest BCUT2D eigenvalue weighted by Gasteiger charge is -2.05. The Labute approximate surface area is 134 Å². The zero-order valence-electron chi connectivity index (χ0n) is 12.5. The Kier molecular flexibility index (Phi) is 5.55. The van der Waals surface area contributed by atoms with Crippen molar-refractivity contribution in [2.24, 2.45) is 5.10 Å². The number of ether oxygens (including phenoxy) is 1. The van der Waals surface area contributed by atoms with Gasteiger partial charge in [-0.1, -0.05) is 35.4 Å². The van der Waals surface area contributed by atoms with E-state index in [0.29, 0.717) is 10.8 Å². The fourth-order valence-corrected chi connectivity index (χ4v) is 1.98. The van der Waals surface area contributed by atoms with E-state index in [-0.39, 0.29) is 12.5 Å². The number of nitrogens with zero attached hydrogens (tertiary/aromatic N) is 1. The first kappa shape index (κ1) is 16.0. The SMILES string of the molecule is Cc1ccc(C=NNC(=O)COc2ccc(Cl)cc2)c(C)c1. The summed E-state index contributed by atoms with van der Waals surface area (Å²) in [5.74, 6) is 0.258. The van der Waals surface area contributed by atoms with Crippen molar-refractivity contribution in [2.75, 3.05) is 6.61 Å². The average molecular weight is 317 g/mol. The first-order valence-electron chi connectivity index (χ1n) is 6.82. The van der Waals surface area contributed by atoms with E-state index in [1.165, 1.54) is 5.56 Å². The number of hydrogen-bond donors (Lipinski definition) is 1.